The third kappa shape index (κ3) is 3.47. The topological polar surface area (TPSA) is 47.0 Å². The number of anilines is 1. The predicted octanol–water partition coefficient (Wildman–Crippen LogP) is 6.28. The molecule has 0 saturated heterocycles. The van der Waals surface area contributed by atoms with E-state index in [1.807, 2.05) is 49.5 Å². The van der Waals surface area contributed by atoms with Gasteiger partial charge in [0.1, 0.15) is 11.6 Å². The van der Waals surface area contributed by atoms with Gasteiger partial charge in [-0.1, -0.05) is 38.1 Å². The highest BCUT2D eigenvalue weighted by Crippen LogP contribution is 2.38. The number of nitrogens with one attached hydrogen (secondary N) is 1. The number of rotatable bonds is 5. The number of fused-ring (bicyclic) bond motifs is 1. The lowest BCUT2D eigenvalue weighted by Crippen LogP contribution is -2.07. The lowest BCUT2D eigenvalue weighted by Gasteiger charge is -2.18. The van der Waals surface area contributed by atoms with Gasteiger partial charge in [0.25, 0.3) is 0 Å². The van der Waals surface area contributed by atoms with Crippen LogP contribution in [0.3, 0.4) is 0 Å². The number of ether oxygens (including phenoxy) is 1. The van der Waals surface area contributed by atoms with Gasteiger partial charge in [-0.2, -0.15) is 0 Å². The molecule has 0 unspecified atom stereocenters. The molecule has 3 aromatic carbocycles. The van der Waals surface area contributed by atoms with E-state index < -0.39 is 0 Å². The summed E-state index contributed by atoms with van der Waals surface area (Å²) in [4.78, 5) is 9.79. The smallest absolute Gasteiger partial charge is 0.160 e. The fourth-order valence-corrected chi connectivity index (χ4v) is 3.68. The Morgan fingerprint density at radius 3 is 2.23 bits per heavy atom. The maximum Gasteiger partial charge on any atom is 0.160 e. The molecular weight excluding hydrogens is 377 g/mol. The molecule has 1 aromatic heterocycles. The summed E-state index contributed by atoms with van der Waals surface area (Å²) < 4.78 is 19.7. The third-order valence-electron chi connectivity index (χ3n) is 5.21. The van der Waals surface area contributed by atoms with Crippen molar-refractivity contribution < 1.29 is 9.13 Å². The van der Waals surface area contributed by atoms with E-state index in [1.54, 1.807) is 19.2 Å². The van der Waals surface area contributed by atoms with Gasteiger partial charge in [0.05, 0.1) is 24.2 Å². The van der Waals surface area contributed by atoms with Gasteiger partial charge in [-0.05, 0) is 47.7 Å². The molecule has 0 aliphatic heterocycles. The highest BCUT2D eigenvalue weighted by molar-refractivity contribution is 5.99. The normalized spacial score (nSPS) is 11.1. The molecule has 152 valence electrons. The molecule has 0 radical (unpaired) electrons. The minimum Gasteiger partial charge on any atom is -0.497 e. The predicted molar refractivity (Wildman–Crippen MR) is 121 cm³/mol. The average Bonchev–Trinajstić information content (AvgIpc) is 2.78. The summed E-state index contributed by atoms with van der Waals surface area (Å²) in [5, 5.41) is 4.68. The average molecular weight is 401 g/mol. The number of hydrogen-bond acceptors (Lipinski definition) is 4. The molecule has 0 saturated carbocycles. The zero-order valence-electron chi connectivity index (χ0n) is 17.5. The van der Waals surface area contributed by atoms with Crippen molar-refractivity contribution in [2.75, 3.05) is 19.5 Å². The van der Waals surface area contributed by atoms with Gasteiger partial charge in [-0.25, -0.2) is 14.4 Å². The molecule has 0 bridgehead atoms. The van der Waals surface area contributed by atoms with E-state index in [1.165, 1.54) is 6.07 Å². The number of nitrogens with zero attached hydrogens (tertiary/aromatic N) is 2. The standard InChI is InChI=1S/C25H24FN3O/c1-15(2)22-24(27-3)23(20-13-14-21(26)19-8-6-5-7-18(19)20)29-25(28-22)16-9-11-17(30-4)12-10-16/h5-15,27H,1-4H3. The lowest BCUT2D eigenvalue weighted by molar-refractivity contribution is 0.415. The summed E-state index contributed by atoms with van der Waals surface area (Å²) in [7, 11) is 3.51. The Labute approximate surface area is 175 Å². The van der Waals surface area contributed by atoms with Gasteiger partial charge in [0, 0.05) is 23.6 Å². The van der Waals surface area contributed by atoms with Crippen LogP contribution in [-0.4, -0.2) is 24.1 Å². The molecule has 4 aromatic rings. The maximum atomic E-state index is 14.4. The van der Waals surface area contributed by atoms with Crippen LogP contribution in [0.4, 0.5) is 10.1 Å². The van der Waals surface area contributed by atoms with Gasteiger partial charge >= 0.3 is 0 Å². The number of methoxy groups -OCH3 is 1. The molecular formula is C25H24FN3O. The molecule has 0 amide bonds. The van der Waals surface area contributed by atoms with E-state index in [0.29, 0.717) is 11.2 Å². The van der Waals surface area contributed by atoms with Crippen molar-refractivity contribution in [1.82, 2.24) is 9.97 Å². The molecule has 0 fully saturated rings. The first kappa shape index (κ1) is 19.8. The lowest BCUT2D eigenvalue weighted by atomic mass is 9.97. The summed E-state index contributed by atoms with van der Waals surface area (Å²) >= 11 is 0. The summed E-state index contributed by atoms with van der Waals surface area (Å²) in [5.74, 6) is 1.34. The van der Waals surface area contributed by atoms with Crippen LogP contribution in [-0.2, 0) is 0 Å². The van der Waals surface area contributed by atoms with Gasteiger partial charge in [0.15, 0.2) is 5.82 Å². The zero-order valence-corrected chi connectivity index (χ0v) is 17.5. The first-order valence-electron chi connectivity index (χ1n) is 9.95. The van der Waals surface area contributed by atoms with Gasteiger partial charge in [-0.3, -0.25) is 0 Å². The van der Waals surface area contributed by atoms with E-state index in [9.17, 15) is 4.39 Å². The van der Waals surface area contributed by atoms with Crippen molar-refractivity contribution in [3.63, 3.8) is 0 Å². The van der Waals surface area contributed by atoms with E-state index in [-0.39, 0.29) is 11.7 Å². The zero-order chi connectivity index (χ0) is 21.3. The third-order valence-corrected chi connectivity index (χ3v) is 5.21. The molecule has 0 aliphatic carbocycles. The van der Waals surface area contributed by atoms with E-state index in [4.69, 9.17) is 14.7 Å². The van der Waals surface area contributed by atoms with Crippen molar-refractivity contribution in [3.05, 3.63) is 72.2 Å². The van der Waals surface area contributed by atoms with Crippen LogP contribution in [0.2, 0.25) is 0 Å². The summed E-state index contributed by atoms with van der Waals surface area (Å²) in [5.41, 5.74) is 4.31. The van der Waals surface area contributed by atoms with Crippen molar-refractivity contribution in [3.8, 4) is 28.4 Å². The molecule has 5 heteroatoms. The molecule has 4 nitrogen and oxygen atoms in total. The van der Waals surface area contributed by atoms with Gasteiger partial charge in [0.2, 0.25) is 0 Å². The Bertz CT molecular complexity index is 1200. The molecule has 0 spiro atoms. The second-order valence-electron chi connectivity index (χ2n) is 7.43. The highest BCUT2D eigenvalue weighted by atomic mass is 19.1. The minimum atomic E-state index is -0.242. The Kier molecular flexibility index (Phi) is 5.36. The van der Waals surface area contributed by atoms with Gasteiger partial charge in [-0.15, -0.1) is 0 Å². The maximum absolute atomic E-state index is 14.4. The Balaban J connectivity index is 2.01. The van der Waals surface area contributed by atoms with Crippen molar-refractivity contribution in [2.45, 2.75) is 19.8 Å². The number of hydrogen-bond donors (Lipinski definition) is 1. The second-order valence-corrected chi connectivity index (χ2v) is 7.43. The Morgan fingerprint density at radius 1 is 0.900 bits per heavy atom. The fourth-order valence-electron chi connectivity index (χ4n) is 3.68. The number of halogens is 1. The monoisotopic (exact) mass is 401 g/mol. The summed E-state index contributed by atoms with van der Waals surface area (Å²) in [6.45, 7) is 4.21. The van der Waals surface area contributed by atoms with E-state index in [2.05, 4.69) is 19.2 Å². The Hall–Kier alpha value is -3.47. The molecule has 1 heterocycles. The van der Waals surface area contributed by atoms with E-state index in [0.717, 1.165) is 39.3 Å². The molecule has 0 aliphatic rings. The molecule has 1 N–H and O–H groups in total. The molecule has 0 atom stereocenters. The van der Waals surface area contributed by atoms with Crippen molar-refractivity contribution in [1.29, 1.82) is 0 Å². The van der Waals surface area contributed by atoms with Crippen molar-refractivity contribution >= 4 is 16.5 Å². The Morgan fingerprint density at radius 2 is 1.60 bits per heavy atom. The van der Waals surface area contributed by atoms with Gasteiger partial charge < -0.3 is 10.1 Å². The second kappa shape index (κ2) is 8.11. The summed E-state index contributed by atoms with van der Waals surface area (Å²) in [6.07, 6.45) is 0. The van der Waals surface area contributed by atoms with E-state index >= 15 is 0 Å². The quantitative estimate of drug-likeness (QED) is 0.428. The van der Waals surface area contributed by atoms with Crippen LogP contribution in [0.1, 0.15) is 25.5 Å². The first-order valence-corrected chi connectivity index (χ1v) is 9.95. The van der Waals surface area contributed by atoms with Crippen LogP contribution >= 0.6 is 0 Å². The van der Waals surface area contributed by atoms with Crippen LogP contribution in [0.5, 0.6) is 5.75 Å². The first-order chi connectivity index (χ1) is 14.5. The molecule has 30 heavy (non-hydrogen) atoms. The number of aromatic nitrogens is 2. The highest BCUT2D eigenvalue weighted by Gasteiger charge is 2.20. The SMILES string of the molecule is CNc1c(-c2ccc(F)c3ccccc23)nc(-c2ccc(OC)cc2)nc1C(C)C. The minimum absolute atomic E-state index is 0.179. The van der Waals surface area contributed by atoms with Crippen LogP contribution < -0.4 is 10.1 Å². The van der Waals surface area contributed by atoms with Crippen LogP contribution in [0.15, 0.2) is 60.7 Å². The van der Waals surface area contributed by atoms with Crippen molar-refractivity contribution in [2.24, 2.45) is 0 Å². The largest absolute Gasteiger partial charge is 0.497 e. The van der Waals surface area contributed by atoms with Crippen LogP contribution in [0, 0.1) is 5.82 Å². The van der Waals surface area contributed by atoms with Crippen LogP contribution in [0.25, 0.3) is 33.4 Å². The molecule has 4 rings (SSSR count). The fraction of sp³-hybridized carbons (Fsp3) is 0.200. The number of benzene rings is 3. The summed E-state index contributed by atoms with van der Waals surface area (Å²) in [6, 6.07) is 18.5.